The van der Waals surface area contributed by atoms with Gasteiger partial charge in [-0.3, -0.25) is 0 Å². The summed E-state index contributed by atoms with van der Waals surface area (Å²) in [5.41, 5.74) is 0. The Bertz CT molecular complexity index is 98.5. The van der Waals surface area contributed by atoms with Gasteiger partial charge in [-0.1, -0.05) is 44.9 Å². The average Bonchev–Trinajstić information content (AvgIpc) is 2.18. The second-order valence-corrected chi connectivity index (χ2v) is 4.65. The van der Waals surface area contributed by atoms with Gasteiger partial charge in [-0.05, 0) is 31.1 Å². The van der Waals surface area contributed by atoms with Gasteiger partial charge in [0.2, 0.25) is 0 Å². The van der Waals surface area contributed by atoms with Gasteiger partial charge in [0.1, 0.15) is 0 Å². The summed E-state index contributed by atoms with van der Waals surface area (Å²) in [6.07, 6.45) is 15.0. The summed E-state index contributed by atoms with van der Waals surface area (Å²) < 4.78 is 0. The van der Waals surface area contributed by atoms with Gasteiger partial charge < -0.3 is 0 Å². The molecule has 0 amide bonds. The molecule has 0 saturated heterocycles. The molecular formula is C12H21. The molecule has 3 aliphatic rings. The van der Waals surface area contributed by atoms with Crippen LogP contribution in [0.5, 0.6) is 0 Å². The zero-order valence-electron chi connectivity index (χ0n) is 8.15. The highest BCUT2D eigenvalue weighted by atomic mass is 14.2. The summed E-state index contributed by atoms with van der Waals surface area (Å²) in [6, 6.07) is 0. The molecule has 0 heterocycles. The molecular weight excluding hydrogens is 144 g/mol. The van der Waals surface area contributed by atoms with E-state index in [0.717, 1.165) is 5.92 Å². The van der Waals surface area contributed by atoms with Gasteiger partial charge in [0.25, 0.3) is 0 Å². The maximum Gasteiger partial charge on any atom is -0.0241 e. The summed E-state index contributed by atoms with van der Waals surface area (Å²) in [5.74, 6) is 3.00. The van der Waals surface area contributed by atoms with Gasteiger partial charge in [-0.2, -0.15) is 0 Å². The van der Waals surface area contributed by atoms with Crippen LogP contribution in [0.4, 0.5) is 0 Å². The zero-order chi connectivity index (χ0) is 8.23. The first-order valence-corrected chi connectivity index (χ1v) is 5.79. The van der Waals surface area contributed by atoms with E-state index in [9.17, 15) is 0 Å². The van der Waals surface area contributed by atoms with Crippen molar-refractivity contribution in [2.45, 2.75) is 64.2 Å². The SMILES string of the molecule is C1CCC2CCC[C](C1)CCC2. The Morgan fingerprint density at radius 1 is 0.667 bits per heavy atom. The standard InChI is InChI=1S/C12H21/c1-2-6-12-9-3-7-11(5-1)8-4-10-12/h11H,1-10H2. The molecule has 0 spiro atoms. The van der Waals surface area contributed by atoms with Crippen LogP contribution in [0.1, 0.15) is 64.2 Å². The molecule has 69 valence electrons. The molecule has 0 heteroatoms. The minimum atomic E-state index is 1.10. The first kappa shape index (κ1) is 8.59. The lowest BCUT2D eigenvalue weighted by Gasteiger charge is -2.20. The van der Waals surface area contributed by atoms with Crippen molar-refractivity contribution >= 4 is 0 Å². The summed E-state index contributed by atoms with van der Waals surface area (Å²) >= 11 is 0. The van der Waals surface area contributed by atoms with Crippen molar-refractivity contribution in [1.82, 2.24) is 0 Å². The first-order valence-electron chi connectivity index (χ1n) is 5.79. The van der Waals surface area contributed by atoms with Crippen LogP contribution < -0.4 is 0 Å². The molecule has 3 rings (SSSR count). The second kappa shape index (κ2) is 4.30. The third-order valence-corrected chi connectivity index (χ3v) is 3.68. The number of fused-ring (bicyclic) bond motifs is 7. The first-order chi connectivity index (χ1) is 5.95. The van der Waals surface area contributed by atoms with Crippen molar-refractivity contribution in [1.29, 1.82) is 0 Å². The van der Waals surface area contributed by atoms with Gasteiger partial charge in [0.05, 0.1) is 0 Å². The zero-order valence-corrected chi connectivity index (χ0v) is 8.15. The van der Waals surface area contributed by atoms with Crippen LogP contribution in [0.3, 0.4) is 0 Å². The van der Waals surface area contributed by atoms with Gasteiger partial charge in [-0.25, -0.2) is 0 Å². The summed E-state index contributed by atoms with van der Waals surface area (Å²) in [7, 11) is 0. The fourth-order valence-corrected chi connectivity index (χ4v) is 2.90. The Kier molecular flexibility index (Phi) is 3.08. The summed E-state index contributed by atoms with van der Waals surface area (Å²) in [5, 5.41) is 0. The van der Waals surface area contributed by atoms with Crippen molar-refractivity contribution in [2.24, 2.45) is 5.92 Å². The Morgan fingerprint density at radius 2 is 1.25 bits per heavy atom. The lowest BCUT2D eigenvalue weighted by Crippen LogP contribution is -2.05. The smallest absolute Gasteiger partial charge is 0.0241 e. The van der Waals surface area contributed by atoms with Gasteiger partial charge in [0, 0.05) is 0 Å². The molecule has 0 unspecified atom stereocenters. The molecule has 0 N–H and O–H groups in total. The van der Waals surface area contributed by atoms with Crippen molar-refractivity contribution in [3.63, 3.8) is 0 Å². The molecule has 1 radical (unpaired) electrons. The average molecular weight is 165 g/mol. The Morgan fingerprint density at radius 3 is 2.00 bits per heavy atom. The van der Waals surface area contributed by atoms with Crippen molar-refractivity contribution in [3.8, 4) is 0 Å². The highest BCUT2D eigenvalue weighted by Crippen LogP contribution is 2.35. The van der Waals surface area contributed by atoms with E-state index in [4.69, 9.17) is 0 Å². The molecule has 0 aliphatic heterocycles. The van der Waals surface area contributed by atoms with Crippen molar-refractivity contribution in [2.75, 3.05) is 0 Å². The molecule has 12 heavy (non-hydrogen) atoms. The van der Waals surface area contributed by atoms with Gasteiger partial charge in [0.15, 0.2) is 0 Å². The molecule has 0 atom stereocenters. The third kappa shape index (κ3) is 2.24. The number of hydrogen-bond donors (Lipinski definition) is 0. The number of hydrogen-bond acceptors (Lipinski definition) is 0. The normalized spacial score (nSPS) is 29.0. The molecule has 3 saturated carbocycles. The van der Waals surface area contributed by atoms with E-state index in [1.807, 2.05) is 5.92 Å². The second-order valence-electron chi connectivity index (χ2n) is 4.65. The Labute approximate surface area is 76.7 Å². The summed E-state index contributed by atoms with van der Waals surface area (Å²) in [6.45, 7) is 0. The molecule has 0 aromatic rings. The lowest BCUT2D eigenvalue weighted by atomic mass is 9.85. The van der Waals surface area contributed by atoms with Crippen molar-refractivity contribution in [3.05, 3.63) is 5.92 Å². The van der Waals surface area contributed by atoms with Crippen LogP contribution in [-0.4, -0.2) is 0 Å². The van der Waals surface area contributed by atoms with Crippen LogP contribution in [0.25, 0.3) is 0 Å². The molecule has 2 bridgehead atoms. The summed E-state index contributed by atoms with van der Waals surface area (Å²) in [4.78, 5) is 0. The van der Waals surface area contributed by atoms with Crippen LogP contribution >= 0.6 is 0 Å². The van der Waals surface area contributed by atoms with E-state index in [0.29, 0.717) is 0 Å². The fourth-order valence-electron chi connectivity index (χ4n) is 2.90. The predicted octanol–water partition coefficient (Wildman–Crippen LogP) is 4.11. The highest BCUT2D eigenvalue weighted by molar-refractivity contribution is 4.92. The van der Waals surface area contributed by atoms with Crippen LogP contribution in [0, 0.1) is 11.8 Å². The van der Waals surface area contributed by atoms with E-state index in [1.54, 1.807) is 0 Å². The topological polar surface area (TPSA) is 0 Å². The van der Waals surface area contributed by atoms with Crippen molar-refractivity contribution < 1.29 is 0 Å². The van der Waals surface area contributed by atoms with E-state index in [1.165, 1.54) is 64.2 Å². The number of rotatable bonds is 0. The van der Waals surface area contributed by atoms with Crippen LogP contribution in [0.15, 0.2) is 0 Å². The van der Waals surface area contributed by atoms with Gasteiger partial charge >= 0.3 is 0 Å². The fraction of sp³-hybridized carbons (Fsp3) is 0.917. The molecule has 3 aliphatic carbocycles. The van der Waals surface area contributed by atoms with Crippen LogP contribution in [-0.2, 0) is 0 Å². The van der Waals surface area contributed by atoms with Crippen LogP contribution in [0.2, 0.25) is 0 Å². The largest absolute Gasteiger partial charge is 0.0530 e. The Balaban J connectivity index is 1.96. The monoisotopic (exact) mass is 165 g/mol. The minimum Gasteiger partial charge on any atom is -0.0530 e. The maximum absolute atomic E-state index is 1.90. The quantitative estimate of drug-likeness (QED) is 0.507. The lowest BCUT2D eigenvalue weighted by molar-refractivity contribution is 0.376. The van der Waals surface area contributed by atoms with E-state index >= 15 is 0 Å². The van der Waals surface area contributed by atoms with E-state index in [2.05, 4.69) is 0 Å². The molecule has 3 fully saturated rings. The van der Waals surface area contributed by atoms with E-state index in [-0.39, 0.29) is 0 Å². The molecule has 0 nitrogen and oxygen atoms in total. The molecule has 0 aromatic carbocycles. The van der Waals surface area contributed by atoms with E-state index < -0.39 is 0 Å². The minimum absolute atomic E-state index is 1.10. The molecule has 0 aromatic heterocycles. The maximum atomic E-state index is 1.90. The predicted molar refractivity (Wildman–Crippen MR) is 52.9 cm³/mol. The van der Waals surface area contributed by atoms with Gasteiger partial charge in [-0.15, -0.1) is 0 Å². The highest BCUT2D eigenvalue weighted by Gasteiger charge is 2.19. The Hall–Kier alpha value is 0. The third-order valence-electron chi connectivity index (χ3n) is 3.68.